The molecule has 2 aromatic rings. The van der Waals surface area contributed by atoms with Crippen LogP contribution >= 0.6 is 23.5 Å². The number of phosphoric ester groups is 1. The molecule has 3 rings (SSSR count). The van der Waals surface area contributed by atoms with Crippen molar-refractivity contribution in [2.75, 3.05) is 19.0 Å². The van der Waals surface area contributed by atoms with Gasteiger partial charge in [0, 0.05) is 0 Å². The number of fused-ring (bicyclic) bond motifs is 1. The average Bonchev–Trinajstić information content (AvgIpc) is 3.17. The first-order valence-electron chi connectivity index (χ1n) is 9.40. The predicted molar refractivity (Wildman–Crippen MR) is 103 cm³/mol. The van der Waals surface area contributed by atoms with Crippen molar-refractivity contribution < 1.29 is 68.5 Å². The molecule has 0 aliphatic carbocycles. The molecular formula is C11H17FN5O14P3. The van der Waals surface area contributed by atoms with E-state index in [9.17, 15) is 42.9 Å². The number of alkyl halides is 1. The fraction of sp³-hybridized carbons (Fsp3) is 0.545. The first-order chi connectivity index (χ1) is 16.2. The van der Waals surface area contributed by atoms with Crippen LogP contribution in [0.15, 0.2) is 11.1 Å². The summed E-state index contributed by atoms with van der Waals surface area (Å²) in [5.74, 6) is -0.448. The Morgan fingerprint density at radius 1 is 1.29 bits per heavy atom. The molecule has 3 heterocycles. The minimum Gasteiger partial charge on any atom is -0.387 e. The van der Waals surface area contributed by atoms with Gasteiger partial charge in [0.25, 0.3) is 5.56 Å². The molecule has 3 unspecified atom stereocenters. The molecule has 0 aromatic carbocycles. The zero-order valence-electron chi connectivity index (χ0n) is 18.1. The van der Waals surface area contributed by atoms with Crippen molar-refractivity contribution in [3.63, 3.8) is 0 Å². The highest BCUT2D eigenvalue weighted by Gasteiger charge is 2.57. The predicted octanol–water partition coefficient (Wildman–Crippen LogP) is -2.00. The van der Waals surface area contributed by atoms with E-state index in [0.29, 0.717) is 4.57 Å². The van der Waals surface area contributed by atoms with E-state index in [4.69, 9.17) is 23.0 Å². The molecule has 9 N–H and O–H groups in total. The first-order valence-corrected chi connectivity index (χ1v) is 12.9. The van der Waals surface area contributed by atoms with Gasteiger partial charge in [0.1, 0.15) is 18.9 Å². The number of H-pyrrole nitrogens is 1. The lowest BCUT2D eigenvalue weighted by atomic mass is 9.95. The van der Waals surface area contributed by atoms with Crippen LogP contribution in [0.1, 0.15) is 8.97 Å². The number of hydrogen-bond acceptors (Lipinski definition) is 13. The quantitative estimate of drug-likeness (QED) is 0.155. The molecule has 0 saturated carbocycles. The van der Waals surface area contributed by atoms with Crippen molar-refractivity contribution in [2.45, 2.75) is 24.0 Å². The topological polar surface area (TPSA) is 299 Å². The molecule has 0 bridgehead atoms. The van der Waals surface area contributed by atoms with Crippen LogP contribution in [0, 0.1) is 0 Å². The number of nitrogens with zero attached hydrogens (tertiary/aromatic N) is 3. The number of aliphatic hydroxyl groups excluding tert-OH is 1. The Balaban J connectivity index is 1.94. The summed E-state index contributed by atoms with van der Waals surface area (Å²) in [5.41, 5.74) is 0.763. The van der Waals surface area contributed by atoms with E-state index < -0.39 is 77.9 Å². The van der Waals surface area contributed by atoms with Gasteiger partial charge in [-0.2, -0.15) is 13.6 Å². The number of hydrogen-bond donors (Lipinski definition) is 8. The number of aromatic nitrogens is 4. The second-order valence-electron chi connectivity index (χ2n) is 6.55. The maximum atomic E-state index is 13.9. The Morgan fingerprint density at radius 3 is 2.53 bits per heavy atom. The fourth-order valence-electron chi connectivity index (χ4n) is 2.81. The molecule has 192 valence electrons. The number of nitrogens with two attached hydrogens (primary N) is 1. The Labute approximate surface area is 189 Å². The summed E-state index contributed by atoms with van der Waals surface area (Å²) in [5, 5.41) is 21.2. The Morgan fingerprint density at radius 2 is 1.94 bits per heavy atom. The highest BCUT2D eigenvalue weighted by atomic mass is 31.3. The van der Waals surface area contributed by atoms with Gasteiger partial charge >= 0.3 is 23.5 Å². The van der Waals surface area contributed by atoms with Crippen LogP contribution in [0.3, 0.4) is 0 Å². The maximum absolute atomic E-state index is 13.9. The summed E-state index contributed by atoms with van der Waals surface area (Å²) in [6, 6.07) is 0. The van der Waals surface area contributed by atoms with Crippen molar-refractivity contribution in [2.24, 2.45) is 0 Å². The van der Waals surface area contributed by atoms with E-state index in [0.717, 1.165) is 6.33 Å². The molecule has 1 aliphatic heterocycles. The summed E-state index contributed by atoms with van der Waals surface area (Å²) in [4.78, 5) is 57.4. The number of ether oxygens (including phenoxy) is 1. The average molecular weight is 557 g/mol. The summed E-state index contributed by atoms with van der Waals surface area (Å²) >= 11 is 0. The van der Waals surface area contributed by atoms with Crippen molar-refractivity contribution in [1.82, 2.24) is 19.5 Å². The van der Waals surface area contributed by atoms with E-state index in [-0.39, 0.29) is 5.52 Å². The van der Waals surface area contributed by atoms with Gasteiger partial charge in [0.05, 0.1) is 15.6 Å². The minimum absolute atomic E-state index is 0.386. The second kappa shape index (κ2) is 9.11. The van der Waals surface area contributed by atoms with Crippen LogP contribution in [0.2, 0.25) is 0 Å². The van der Waals surface area contributed by atoms with Crippen LogP contribution in [0.5, 0.6) is 0 Å². The van der Waals surface area contributed by atoms with Crippen LogP contribution in [-0.2, 0) is 31.6 Å². The third-order valence-corrected chi connectivity index (χ3v) is 7.78. The smallest absolute Gasteiger partial charge is 0.387 e. The number of halogens is 1. The molecule has 34 heavy (non-hydrogen) atoms. The SMILES string of the molecule is [2H]C([2H])(OP(=O)(O)OP(=O)(O)OP(=O)(O)O)[C@H]1O[C@@H](n2cnc3c(=O)[nH]c(N)nc32)C(O)(CF)[C@H]1O. The third kappa shape index (κ3) is 5.60. The van der Waals surface area contributed by atoms with Crippen molar-refractivity contribution in [1.29, 1.82) is 0 Å². The highest BCUT2D eigenvalue weighted by Crippen LogP contribution is 2.66. The monoisotopic (exact) mass is 557 g/mol. The van der Waals surface area contributed by atoms with E-state index in [1.165, 1.54) is 0 Å². The van der Waals surface area contributed by atoms with Crippen LogP contribution in [0.25, 0.3) is 11.2 Å². The van der Waals surface area contributed by atoms with Gasteiger partial charge < -0.3 is 40.3 Å². The van der Waals surface area contributed by atoms with Crippen molar-refractivity contribution >= 4 is 40.6 Å². The highest BCUT2D eigenvalue weighted by molar-refractivity contribution is 7.66. The number of phosphoric acid groups is 3. The number of aliphatic hydroxyl groups is 2. The van der Waals surface area contributed by atoms with Crippen LogP contribution in [-0.4, -0.2) is 80.3 Å². The number of aromatic amines is 1. The molecule has 1 aliphatic rings. The van der Waals surface area contributed by atoms with Crippen LogP contribution < -0.4 is 11.3 Å². The van der Waals surface area contributed by atoms with Gasteiger partial charge in [0.2, 0.25) is 5.95 Å². The minimum atomic E-state index is -6.10. The van der Waals surface area contributed by atoms with Crippen molar-refractivity contribution in [3.8, 4) is 0 Å². The van der Waals surface area contributed by atoms with E-state index in [1.54, 1.807) is 0 Å². The fourth-order valence-corrected chi connectivity index (χ4v) is 5.69. The van der Waals surface area contributed by atoms with Gasteiger partial charge in [-0.1, -0.05) is 0 Å². The lowest BCUT2D eigenvalue weighted by Crippen LogP contribution is -2.49. The normalized spacial score (nSPS) is 30.5. The lowest BCUT2D eigenvalue weighted by Gasteiger charge is -2.28. The van der Waals surface area contributed by atoms with Crippen LogP contribution in [0.4, 0.5) is 10.3 Å². The van der Waals surface area contributed by atoms with Gasteiger partial charge in [-0.15, -0.1) is 0 Å². The van der Waals surface area contributed by atoms with E-state index >= 15 is 0 Å². The Kier molecular flexibility index (Phi) is 6.45. The standard InChI is InChI=1S/C11H17FN5O14P3/c12-2-11(20)6(18)4(1-28-33(24,25)31-34(26,27)30-32(21,22)23)29-9(11)17-3-14-5-7(17)15-10(13)16-8(5)19/h3-4,6,9,18,20H,1-2H2,(H,24,25)(H,26,27)(H2,21,22,23)(H3,13,15,16,19)/t4-,6+,9-,11?/m1/s1/i1D2. The molecule has 1 saturated heterocycles. The number of nitrogens with one attached hydrogen (secondary N) is 1. The second-order valence-corrected chi connectivity index (χ2v) is 10.9. The molecule has 0 amide bonds. The van der Waals surface area contributed by atoms with Gasteiger partial charge in [-0.3, -0.25) is 18.9 Å². The van der Waals surface area contributed by atoms with E-state index in [2.05, 4.69) is 28.1 Å². The summed E-state index contributed by atoms with van der Waals surface area (Å²) < 4.78 is 80.6. The zero-order chi connectivity index (χ0) is 27.5. The lowest BCUT2D eigenvalue weighted by molar-refractivity contribution is -0.118. The maximum Gasteiger partial charge on any atom is 0.490 e. The van der Waals surface area contributed by atoms with Gasteiger partial charge in [0.15, 0.2) is 23.0 Å². The first kappa shape index (κ1) is 24.1. The number of rotatable bonds is 9. The van der Waals surface area contributed by atoms with E-state index in [1.807, 2.05) is 0 Å². The summed E-state index contributed by atoms with van der Waals surface area (Å²) in [6.07, 6.45) is -6.46. The Bertz CT molecular complexity index is 1370. The zero-order valence-corrected chi connectivity index (χ0v) is 18.8. The molecule has 6 atom stereocenters. The van der Waals surface area contributed by atoms with Gasteiger partial charge in [-0.05, 0) is 0 Å². The Hall–Kier alpha value is -1.63. The summed E-state index contributed by atoms with van der Waals surface area (Å²) in [6.45, 7) is -5.58. The molecule has 1 fully saturated rings. The van der Waals surface area contributed by atoms with Gasteiger partial charge in [-0.25, -0.2) is 23.1 Å². The molecule has 23 heteroatoms. The molecular weight excluding hydrogens is 538 g/mol. The largest absolute Gasteiger partial charge is 0.490 e. The van der Waals surface area contributed by atoms with Crippen molar-refractivity contribution in [3.05, 3.63) is 16.7 Å². The number of imidazole rings is 1. The third-order valence-electron chi connectivity index (χ3n) is 4.12. The number of anilines is 1. The number of nitrogen functional groups attached to an aromatic ring is 1. The summed E-state index contributed by atoms with van der Waals surface area (Å²) in [7, 11) is -17.9. The molecule has 0 radical (unpaired) electrons. The molecule has 19 nitrogen and oxygen atoms in total. The molecule has 0 spiro atoms. The molecule has 2 aromatic heterocycles.